The Morgan fingerprint density at radius 3 is 1.82 bits per heavy atom. The Hall–Kier alpha value is -4.94. The number of nitrogens with one attached hydrogen (secondary N) is 3. The van der Waals surface area contributed by atoms with Crippen LogP contribution in [0, 0.1) is 0 Å². The first-order valence-corrected chi connectivity index (χ1v) is 12.1. The van der Waals surface area contributed by atoms with Crippen LogP contribution in [0.15, 0.2) is 60.7 Å². The number of benzene rings is 2. The van der Waals surface area contributed by atoms with Gasteiger partial charge in [-0.15, -0.1) is 0 Å². The molecule has 0 aromatic heterocycles. The van der Waals surface area contributed by atoms with Crippen molar-refractivity contribution in [2.75, 3.05) is 20.3 Å². The second-order valence-electron chi connectivity index (χ2n) is 8.27. The summed E-state index contributed by atoms with van der Waals surface area (Å²) in [6.45, 7) is -0.132. The molecule has 2 atom stereocenters. The maximum absolute atomic E-state index is 13.0. The Bertz CT molecular complexity index is 1160. The van der Waals surface area contributed by atoms with Gasteiger partial charge in [0, 0.05) is 6.92 Å². The van der Waals surface area contributed by atoms with Crippen molar-refractivity contribution < 1.29 is 47.7 Å². The molecule has 0 saturated heterocycles. The highest BCUT2D eigenvalue weighted by atomic mass is 16.6. The van der Waals surface area contributed by atoms with Crippen LogP contribution >= 0.6 is 0 Å². The Morgan fingerprint density at radius 1 is 0.700 bits per heavy atom. The predicted molar refractivity (Wildman–Crippen MR) is 138 cm³/mol. The van der Waals surface area contributed by atoms with E-state index < -0.39 is 67.5 Å². The molecule has 2 rings (SSSR count). The highest BCUT2D eigenvalue weighted by Gasteiger charge is 2.30. The van der Waals surface area contributed by atoms with Crippen molar-refractivity contribution in [1.82, 2.24) is 16.0 Å². The molecular weight excluding hydrogens is 526 g/mol. The number of hydrogen-bond donors (Lipinski definition) is 3. The van der Waals surface area contributed by atoms with Crippen LogP contribution < -0.4 is 16.0 Å². The van der Waals surface area contributed by atoms with Crippen molar-refractivity contribution >= 4 is 35.8 Å². The smallest absolute Gasteiger partial charge is 0.408 e. The number of esters is 3. The lowest BCUT2D eigenvalue weighted by Crippen LogP contribution is -2.56. The second-order valence-corrected chi connectivity index (χ2v) is 8.27. The van der Waals surface area contributed by atoms with Crippen LogP contribution in [-0.4, -0.2) is 68.2 Å². The van der Waals surface area contributed by atoms with Crippen LogP contribution in [0.4, 0.5) is 4.79 Å². The molecule has 3 N–H and O–H groups in total. The highest BCUT2D eigenvalue weighted by Crippen LogP contribution is 2.04. The van der Waals surface area contributed by atoms with E-state index >= 15 is 0 Å². The molecule has 2 aromatic rings. The number of alkyl carbamates (subject to hydrolysis) is 1. The molecule has 214 valence electrons. The van der Waals surface area contributed by atoms with E-state index in [9.17, 15) is 28.8 Å². The standard InChI is InChI=1S/C27H31N3O10/c1-18(31)38-17-22(25(34)28-14-24(33)39-15-19-9-5-3-6-10-19)29-26(35)21(13-23(32)37-2)30-27(36)40-16-20-11-7-4-8-12-20/h3-12,21-22H,13-17H2,1-2H3,(H,28,34)(H,29,35)(H,30,36). The van der Waals surface area contributed by atoms with Crippen molar-refractivity contribution in [3.05, 3.63) is 71.8 Å². The van der Waals surface area contributed by atoms with Crippen LogP contribution in [-0.2, 0) is 56.1 Å². The molecule has 0 spiro atoms. The molecule has 3 amide bonds. The molecule has 40 heavy (non-hydrogen) atoms. The van der Waals surface area contributed by atoms with E-state index in [-0.39, 0.29) is 13.2 Å². The van der Waals surface area contributed by atoms with Crippen molar-refractivity contribution in [2.45, 2.75) is 38.6 Å². The molecule has 0 radical (unpaired) electrons. The molecule has 0 heterocycles. The van der Waals surface area contributed by atoms with Crippen LogP contribution in [0.2, 0.25) is 0 Å². The van der Waals surface area contributed by atoms with Crippen LogP contribution in [0.3, 0.4) is 0 Å². The third-order valence-corrected chi connectivity index (χ3v) is 5.16. The topological polar surface area (TPSA) is 175 Å². The summed E-state index contributed by atoms with van der Waals surface area (Å²) in [6, 6.07) is 14.6. The van der Waals surface area contributed by atoms with Gasteiger partial charge in [0.2, 0.25) is 11.8 Å². The van der Waals surface area contributed by atoms with Gasteiger partial charge in [0.15, 0.2) is 0 Å². The van der Waals surface area contributed by atoms with E-state index in [1.165, 1.54) is 0 Å². The summed E-state index contributed by atoms with van der Waals surface area (Å²) in [6.07, 6.45) is -1.59. The maximum atomic E-state index is 13.0. The van der Waals surface area contributed by atoms with E-state index in [1.807, 2.05) is 6.07 Å². The first kappa shape index (κ1) is 31.3. The number of amides is 3. The Kier molecular flexibility index (Phi) is 13.1. The molecule has 2 unspecified atom stereocenters. The van der Waals surface area contributed by atoms with Crippen molar-refractivity contribution in [3.63, 3.8) is 0 Å². The molecular formula is C27H31N3O10. The van der Waals surface area contributed by atoms with Gasteiger partial charge in [-0.25, -0.2) is 4.79 Å². The third kappa shape index (κ3) is 12.1. The molecule has 13 heteroatoms. The summed E-state index contributed by atoms with van der Waals surface area (Å²) in [5, 5.41) is 6.86. The zero-order chi connectivity index (χ0) is 29.3. The van der Waals surface area contributed by atoms with Crippen LogP contribution in [0.25, 0.3) is 0 Å². The SMILES string of the molecule is COC(=O)CC(NC(=O)OCc1ccccc1)C(=O)NC(COC(C)=O)C(=O)NCC(=O)OCc1ccccc1. The van der Waals surface area contributed by atoms with Crippen LogP contribution in [0.1, 0.15) is 24.5 Å². The summed E-state index contributed by atoms with van der Waals surface area (Å²) >= 11 is 0. The zero-order valence-electron chi connectivity index (χ0n) is 22.0. The van der Waals surface area contributed by atoms with Gasteiger partial charge in [-0.05, 0) is 11.1 Å². The first-order valence-electron chi connectivity index (χ1n) is 12.1. The molecule has 0 aliphatic rings. The van der Waals surface area contributed by atoms with Crippen molar-refractivity contribution in [2.24, 2.45) is 0 Å². The summed E-state index contributed by atoms with van der Waals surface area (Å²) < 4.78 is 19.6. The van der Waals surface area contributed by atoms with Gasteiger partial charge >= 0.3 is 24.0 Å². The molecule has 0 bridgehead atoms. The summed E-state index contributed by atoms with van der Waals surface area (Å²) in [5.41, 5.74) is 1.43. The number of carbonyl (C=O) groups excluding carboxylic acids is 6. The third-order valence-electron chi connectivity index (χ3n) is 5.16. The van der Waals surface area contributed by atoms with Gasteiger partial charge in [-0.1, -0.05) is 60.7 Å². The zero-order valence-corrected chi connectivity index (χ0v) is 22.0. The van der Waals surface area contributed by atoms with Gasteiger partial charge in [-0.2, -0.15) is 0 Å². The maximum Gasteiger partial charge on any atom is 0.408 e. The number of methoxy groups -OCH3 is 1. The fourth-order valence-electron chi connectivity index (χ4n) is 3.09. The molecule has 0 saturated carbocycles. The monoisotopic (exact) mass is 557 g/mol. The molecule has 13 nitrogen and oxygen atoms in total. The molecule has 0 fully saturated rings. The fourth-order valence-corrected chi connectivity index (χ4v) is 3.09. The fraction of sp³-hybridized carbons (Fsp3) is 0.333. The lowest BCUT2D eigenvalue weighted by Gasteiger charge is -2.22. The van der Waals surface area contributed by atoms with E-state index in [4.69, 9.17) is 14.2 Å². The Morgan fingerprint density at radius 2 is 1.27 bits per heavy atom. The van der Waals surface area contributed by atoms with Gasteiger partial charge < -0.3 is 34.9 Å². The van der Waals surface area contributed by atoms with Crippen molar-refractivity contribution in [1.29, 1.82) is 0 Å². The molecule has 0 aliphatic heterocycles. The minimum Gasteiger partial charge on any atom is -0.469 e. The van der Waals surface area contributed by atoms with Gasteiger partial charge in [-0.3, -0.25) is 24.0 Å². The van der Waals surface area contributed by atoms with E-state index in [0.29, 0.717) is 5.56 Å². The summed E-state index contributed by atoms with van der Waals surface area (Å²) in [5.74, 6) is -4.16. The normalized spacial score (nSPS) is 11.7. The average molecular weight is 558 g/mol. The van der Waals surface area contributed by atoms with Crippen LogP contribution in [0.5, 0.6) is 0 Å². The van der Waals surface area contributed by atoms with Gasteiger partial charge in [0.1, 0.15) is 38.4 Å². The number of hydrogen-bond acceptors (Lipinski definition) is 10. The minimum absolute atomic E-state index is 0.00952. The largest absolute Gasteiger partial charge is 0.469 e. The number of carbonyl (C=O) groups is 6. The lowest BCUT2D eigenvalue weighted by atomic mass is 10.1. The minimum atomic E-state index is -1.50. The van der Waals surface area contributed by atoms with Gasteiger partial charge in [0.05, 0.1) is 13.5 Å². The van der Waals surface area contributed by atoms with E-state index in [0.717, 1.165) is 19.6 Å². The summed E-state index contributed by atoms with van der Waals surface area (Å²) in [7, 11) is 1.10. The average Bonchev–Trinajstić information content (AvgIpc) is 2.96. The second kappa shape index (κ2) is 16.8. The Labute approximate surface area is 230 Å². The first-order chi connectivity index (χ1) is 19.2. The number of ether oxygens (including phenoxy) is 4. The van der Waals surface area contributed by atoms with Crippen molar-refractivity contribution in [3.8, 4) is 0 Å². The highest BCUT2D eigenvalue weighted by molar-refractivity contribution is 5.94. The predicted octanol–water partition coefficient (Wildman–Crippen LogP) is 0.752. The summed E-state index contributed by atoms with van der Waals surface area (Å²) in [4.78, 5) is 73.2. The molecule has 0 aliphatic carbocycles. The van der Waals surface area contributed by atoms with E-state index in [2.05, 4.69) is 20.7 Å². The number of rotatable bonds is 14. The van der Waals surface area contributed by atoms with Gasteiger partial charge in [0.25, 0.3) is 0 Å². The quantitative estimate of drug-likeness (QED) is 0.222. The Balaban J connectivity index is 1.99. The molecule has 2 aromatic carbocycles. The lowest BCUT2D eigenvalue weighted by molar-refractivity contribution is -0.147. The van der Waals surface area contributed by atoms with E-state index in [1.54, 1.807) is 54.6 Å².